The normalized spacial score (nSPS) is 13.6. The topological polar surface area (TPSA) is 105 Å². The van der Waals surface area contributed by atoms with Crippen LogP contribution in [0.4, 0.5) is 5.69 Å². The van der Waals surface area contributed by atoms with Gasteiger partial charge in [-0.2, -0.15) is 0 Å². The van der Waals surface area contributed by atoms with Crippen molar-refractivity contribution in [1.29, 1.82) is 0 Å². The number of carbonyl (C=O) groups is 2. The van der Waals surface area contributed by atoms with Crippen molar-refractivity contribution in [2.75, 3.05) is 37.4 Å². The molecule has 1 aliphatic heterocycles. The summed E-state index contributed by atoms with van der Waals surface area (Å²) >= 11 is 6.27. The van der Waals surface area contributed by atoms with E-state index in [0.29, 0.717) is 41.0 Å². The lowest BCUT2D eigenvalue weighted by Gasteiger charge is -2.29. The lowest BCUT2D eigenvalue weighted by molar-refractivity contribution is -0.140. The molecule has 2 aromatic rings. The van der Waals surface area contributed by atoms with E-state index in [-0.39, 0.29) is 37.7 Å². The molecule has 2 aromatic carbocycles. The number of ether oxygens (including phenoxy) is 2. The molecule has 0 unspecified atom stereocenters. The second-order valence-corrected chi connectivity index (χ2v) is 10.5. The zero-order valence-corrected chi connectivity index (χ0v) is 21.6. The number of hydrogen-bond acceptors (Lipinski definition) is 6. The van der Waals surface area contributed by atoms with E-state index in [2.05, 4.69) is 5.32 Å². The van der Waals surface area contributed by atoms with Crippen molar-refractivity contribution in [2.45, 2.75) is 32.4 Å². The van der Waals surface area contributed by atoms with Gasteiger partial charge in [-0.3, -0.25) is 13.9 Å². The monoisotopic (exact) mass is 523 g/mol. The molecule has 0 spiro atoms. The van der Waals surface area contributed by atoms with Crippen LogP contribution in [-0.4, -0.2) is 64.2 Å². The van der Waals surface area contributed by atoms with Crippen LogP contribution in [-0.2, 0) is 26.2 Å². The predicted octanol–water partition coefficient (Wildman–Crippen LogP) is 2.82. The van der Waals surface area contributed by atoms with Crippen molar-refractivity contribution in [3.63, 3.8) is 0 Å². The van der Waals surface area contributed by atoms with Gasteiger partial charge in [-0.1, -0.05) is 29.8 Å². The quantitative estimate of drug-likeness (QED) is 0.513. The van der Waals surface area contributed by atoms with E-state index in [0.717, 1.165) is 6.26 Å². The first-order valence-electron chi connectivity index (χ1n) is 11.2. The second kappa shape index (κ2) is 11.6. The molecular weight excluding hydrogens is 494 g/mol. The van der Waals surface area contributed by atoms with Crippen molar-refractivity contribution in [2.24, 2.45) is 0 Å². The molecule has 35 heavy (non-hydrogen) atoms. The standard InChI is InChI=1S/C24H30ClN3O6S/c1-17(24(30)26-2)27(16-18-7-4-5-8-20(18)25)23(29)9-6-12-28(35(3,31)32)19-10-11-21-22(15-19)34-14-13-33-21/h4-5,7-8,10-11,15,17H,6,9,12-14,16H2,1-3H3,(H,26,30)/t17-/m0/s1. The molecule has 1 aliphatic rings. The number of likely N-dealkylation sites (N-methyl/N-ethyl adjacent to an activating group) is 1. The van der Waals surface area contributed by atoms with Gasteiger partial charge in [0.1, 0.15) is 19.3 Å². The van der Waals surface area contributed by atoms with Gasteiger partial charge in [0.25, 0.3) is 0 Å². The first kappa shape index (κ1) is 26.6. The second-order valence-electron chi connectivity index (χ2n) is 8.17. The number of nitrogens with zero attached hydrogens (tertiary/aromatic N) is 2. The largest absolute Gasteiger partial charge is 0.486 e. The van der Waals surface area contributed by atoms with Crippen LogP contribution in [0.1, 0.15) is 25.3 Å². The number of halogens is 1. The molecule has 11 heteroatoms. The maximum Gasteiger partial charge on any atom is 0.242 e. The number of benzene rings is 2. The van der Waals surface area contributed by atoms with Crippen LogP contribution >= 0.6 is 11.6 Å². The van der Waals surface area contributed by atoms with Gasteiger partial charge in [-0.05, 0) is 37.1 Å². The molecule has 1 N–H and O–H groups in total. The van der Waals surface area contributed by atoms with E-state index in [4.69, 9.17) is 21.1 Å². The highest BCUT2D eigenvalue weighted by Gasteiger charge is 2.27. The highest BCUT2D eigenvalue weighted by molar-refractivity contribution is 7.92. The Morgan fingerprint density at radius 1 is 1.11 bits per heavy atom. The van der Waals surface area contributed by atoms with Crippen LogP contribution in [0.3, 0.4) is 0 Å². The van der Waals surface area contributed by atoms with Gasteiger partial charge in [0, 0.05) is 37.6 Å². The fourth-order valence-electron chi connectivity index (χ4n) is 3.79. The molecule has 1 heterocycles. The highest BCUT2D eigenvalue weighted by Crippen LogP contribution is 2.34. The molecule has 0 aromatic heterocycles. The first-order chi connectivity index (χ1) is 16.6. The van der Waals surface area contributed by atoms with E-state index in [1.54, 1.807) is 43.3 Å². The Morgan fingerprint density at radius 3 is 2.46 bits per heavy atom. The van der Waals surface area contributed by atoms with Crippen LogP contribution in [0.25, 0.3) is 0 Å². The van der Waals surface area contributed by atoms with E-state index in [1.807, 2.05) is 6.07 Å². The summed E-state index contributed by atoms with van der Waals surface area (Å²) in [7, 11) is -2.11. The molecule has 0 bridgehead atoms. The zero-order valence-electron chi connectivity index (χ0n) is 20.0. The van der Waals surface area contributed by atoms with E-state index < -0.39 is 16.1 Å². The molecule has 0 aliphatic carbocycles. The fourth-order valence-corrected chi connectivity index (χ4v) is 4.95. The Kier molecular flexibility index (Phi) is 8.85. The number of amides is 2. The van der Waals surface area contributed by atoms with E-state index in [1.165, 1.54) is 16.3 Å². The SMILES string of the molecule is CNC(=O)[C@H](C)N(Cc1ccccc1Cl)C(=O)CCCN(c1ccc2c(c1)OCCO2)S(C)(=O)=O. The van der Waals surface area contributed by atoms with Crippen LogP contribution in [0.15, 0.2) is 42.5 Å². The van der Waals surface area contributed by atoms with Gasteiger partial charge in [0.15, 0.2) is 11.5 Å². The fraction of sp³-hybridized carbons (Fsp3) is 0.417. The van der Waals surface area contributed by atoms with Crippen molar-refractivity contribution < 1.29 is 27.5 Å². The number of anilines is 1. The van der Waals surface area contributed by atoms with Crippen LogP contribution in [0.5, 0.6) is 11.5 Å². The molecule has 0 fully saturated rings. The Bertz CT molecular complexity index is 1170. The van der Waals surface area contributed by atoms with Crippen LogP contribution in [0, 0.1) is 0 Å². The number of sulfonamides is 1. The minimum absolute atomic E-state index is 0.0440. The minimum atomic E-state index is -3.62. The molecular formula is C24H30ClN3O6S. The summed E-state index contributed by atoms with van der Waals surface area (Å²) in [4.78, 5) is 26.9. The van der Waals surface area contributed by atoms with Gasteiger partial charge in [-0.15, -0.1) is 0 Å². The van der Waals surface area contributed by atoms with Gasteiger partial charge in [0.05, 0.1) is 11.9 Å². The summed E-state index contributed by atoms with van der Waals surface area (Å²) in [6, 6.07) is 11.3. The van der Waals surface area contributed by atoms with Gasteiger partial charge < -0.3 is 19.7 Å². The van der Waals surface area contributed by atoms with Gasteiger partial charge in [-0.25, -0.2) is 8.42 Å². The molecule has 0 saturated heterocycles. The maximum absolute atomic E-state index is 13.2. The number of fused-ring (bicyclic) bond motifs is 1. The van der Waals surface area contributed by atoms with Crippen LogP contribution in [0.2, 0.25) is 5.02 Å². The van der Waals surface area contributed by atoms with Crippen molar-refractivity contribution in [3.8, 4) is 11.5 Å². The van der Waals surface area contributed by atoms with Gasteiger partial charge >= 0.3 is 0 Å². The van der Waals surface area contributed by atoms with Crippen molar-refractivity contribution in [1.82, 2.24) is 10.2 Å². The average molecular weight is 524 g/mol. The summed E-state index contributed by atoms with van der Waals surface area (Å²) < 4.78 is 37.3. The third-order valence-corrected chi connectivity index (χ3v) is 7.24. The van der Waals surface area contributed by atoms with Crippen molar-refractivity contribution >= 4 is 39.1 Å². The Morgan fingerprint density at radius 2 is 1.80 bits per heavy atom. The third kappa shape index (κ3) is 6.79. The average Bonchev–Trinajstić information content (AvgIpc) is 2.84. The Balaban J connectivity index is 1.73. The molecule has 0 radical (unpaired) electrons. The number of carbonyl (C=O) groups excluding carboxylic acids is 2. The third-order valence-electron chi connectivity index (χ3n) is 5.68. The molecule has 2 amide bonds. The molecule has 0 saturated carbocycles. The molecule has 3 rings (SSSR count). The molecule has 190 valence electrons. The molecule has 9 nitrogen and oxygen atoms in total. The zero-order chi connectivity index (χ0) is 25.6. The number of hydrogen-bond donors (Lipinski definition) is 1. The van der Waals surface area contributed by atoms with Gasteiger partial charge in [0.2, 0.25) is 21.8 Å². The summed E-state index contributed by atoms with van der Waals surface area (Å²) in [5.41, 5.74) is 1.14. The number of rotatable bonds is 10. The maximum atomic E-state index is 13.2. The summed E-state index contributed by atoms with van der Waals surface area (Å²) in [6.07, 6.45) is 1.41. The predicted molar refractivity (Wildman–Crippen MR) is 134 cm³/mol. The van der Waals surface area contributed by atoms with E-state index in [9.17, 15) is 18.0 Å². The Hall–Kier alpha value is -2.98. The Labute approximate surface area is 211 Å². The molecule has 1 atom stereocenters. The highest BCUT2D eigenvalue weighted by atomic mass is 35.5. The summed E-state index contributed by atoms with van der Waals surface area (Å²) in [5, 5.41) is 3.06. The number of nitrogens with one attached hydrogen (secondary N) is 1. The van der Waals surface area contributed by atoms with Crippen molar-refractivity contribution in [3.05, 3.63) is 53.1 Å². The minimum Gasteiger partial charge on any atom is -0.486 e. The van der Waals surface area contributed by atoms with Crippen LogP contribution < -0.4 is 19.1 Å². The van der Waals surface area contributed by atoms with E-state index >= 15 is 0 Å². The lowest BCUT2D eigenvalue weighted by atomic mass is 10.1. The first-order valence-corrected chi connectivity index (χ1v) is 13.5. The summed E-state index contributed by atoms with van der Waals surface area (Å²) in [6.45, 7) is 2.70. The summed E-state index contributed by atoms with van der Waals surface area (Å²) in [5.74, 6) is 0.446. The smallest absolute Gasteiger partial charge is 0.242 e. The lowest BCUT2D eigenvalue weighted by Crippen LogP contribution is -2.46.